The molecule has 0 aromatic heterocycles. The molecule has 2 heterocycles. The van der Waals surface area contributed by atoms with Crippen LogP contribution < -0.4 is 4.90 Å². The van der Waals surface area contributed by atoms with Gasteiger partial charge in [-0.25, -0.2) is 0 Å². The van der Waals surface area contributed by atoms with Crippen molar-refractivity contribution in [1.29, 1.82) is 0 Å². The third-order valence-corrected chi connectivity index (χ3v) is 6.54. The summed E-state index contributed by atoms with van der Waals surface area (Å²) in [6.07, 6.45) is 2.85. The number of nitrogens with zero attached hydrogens (tertiary/aromatic N) is 3. The summed E-state index contributed by atoms with van der Waals surface area (Å²) in [6.45, 7) is 9.38. The van der Waals surface area contributed by atoms with Gasteiger partial charge in [0.15, 0.2) is 0 Å². The Morgan fingerprint density at radius 3 is 2.45 bits per heavy atom. The standard InChI is InChI=1S/C24H35N3O4/c1-17-13-24(2,3)10-12-27(14-17)23(31)18-5-7-20(8-6-18)26-11-9-19(15-26)22(30)25(4)16-21(28)29/h5-8,17,19H,9-16H2,1-4H3,(H,28,29). The Bertz CT molecular complexity index is 821. The summed E-state index contributed by atoms with van der Waals surface area (Å²) in [7, 11) is 1.53. The van der Waals surface area contributed by atoms with Crippen molar-refractivity contribution in [3.8, 4) is 0 Å². The molecule has 0 spiro atoms. The molecule has 7 nitrogen and oxygen atoms in total. The largest absolute Gasteiger partial charge is 0.480 e. The van der Waals surface area contributed by atoms with Crippen LogP contribution in [-0.2, 0) is 9.59 Å². The van der Waals surface area contributed by atoms with Crippen molar-refractivity contribution in [2.75, 3.05) is 44.7 Å². The Labute approximate surface area is 185 Å². The van der Waals surface area contributed by atoms with Crippen LogP contribution in [0.3, 0.4) is 0 Å². The summed E-state index contributed by atoms with van der Waals surface area (Å²) in [4.78, 5) is 41.8. The van der Waals surface area contributed by atoms with Crippen LogP contribution in [0, 0.1) is 17.3 Å². The molecule has 31 heavy (non-hydrogen) atoms. The average Bonchev–Trinajstić information content (AvgIpc) is 3.14. The number of benzene rings is 1. The number of hydrogen-bond acceptors (Lipinski definition) is 4. The topological polar surface area (TPSA) is 81.2 Å². The molecule has 2 unspecified atom stereocenters. The highest BCUT2D eigenvalue weighted by Gasteiger charge is 2.32. The molecule has 2 amide bonds. The minimum atomic E-state index is -1.01. The smallest absolute Gasteiger partial charge is 0.323 e. The van der Waals surface area contributed by atoms with Crippen molar-refractivity contribution >= 4 is 23.5 Å². The van der Waals surface area contributed by atoms with Crippen molar-refractivity contribution < 1.29 is 19.5 Å². The number of amides is 2. The number of carboxylic acid groups (broad SMARTS) is 1. The first kappa shape index (κ1) is 23.1. The number of likely N-dealkylation sites (tertiary alicyclic amines) is 1. The van der Waals surface area contributed by atoms with E-state index in [1.165, 1.54) is 11.9 Å². The van der Waals surface area contributed by atoms with E-state index in [9.17, 15) is 14.4 Å². The second kappa shape index (κ2) is 9.28. The predicted molar refractivity (Wildman–Crippen MR) is 120 cm³/mol. The van der Waals surface area contributed by atoms with Gasteiger partial charge in [0.2, 0.25) is 5.91 Å². The van der Waals surface area contributed by atoms with Crippen LogP contribution in [-0.4, -0.2) is 72.5 Å². The zero-order valence-corrected chi connectivity index (χ0v) is 19.1. The lowest BCUT2D eigenvalue weighted by Crippen LogP contribution is -2.37. The molecular weight excluding hydrogens is 394 g/mol. The molecule has 0 aliphatic carbocycles. The number of likely N-dealkylation sites (N-methyl/N-ethyl adjacent to an activating group) is 1. The van der Waals surface area contributed by atoms with Crippen LogP contribution in [0.1, 0.15) is 50.4 Å². The van der Waals surface area contributed by atoms with Gasteiger partial charge in [0.1, 0.15) is 6.54 Å². The summed E-state index contributed by atoms with van der Waals surface area (Å²) in [5.41, 5.74) is 1.95. The highest BCUT2D eigenvalue weighted by atomic mass is 16.4. The van der Waals surface area contributed by atoms with E-state index in [-0.39, 0.29) is 29.7 Å². The molecule has 2 fully saturated rings. The zero-order chi connectivity index (χ0) is 22.8. The molecular formula is C24H35N3O4. The monoisotopic (exact) mass is 429 g/mol. The van der Waals surface area contributed by atoms with E-state index in [4.69, 9.17) is 5.11 Å². The zero-order valence-electron chi connectivity index (χ0n) is 19.1. The molecule has 170 valence electrons. The highest BCUT2D eigenvalue weighted by Crippen LogP contribution is 2.33. The Kier molecular flexibility index (Phi) is 6.92. The van der Waals surface area contributed by atoms with E-state index >= 15 is 0 Å². The summed E-state index contributed by atoms with van der Waals surface area (Å²) >= 11 is 0. The van der Waals surface area contributed by atoms with Gasteiger partial charge < -0.3 is 19.8 Å². The lowest BCUT2D eigenvalue weighted by atomic mass is 9.82. The fraction of sp³-hybridized carbons (Fsp3) is 0.625. The maximum absolute atomic E-state index is 13.1. The second-order valence-corrected chi connectivity index (χ2v) is 10.0. The fourth-order valence-electron chi connectivity index (χ4n) is 4.99. The maximum atomic E-state index is 13.1. The summed E-state index contributed by atoms with van der Waals surface area (Å²) < 4.78 is 0. The molecule has 2 aliphatic heterocycles. The molecule has 1 aromatic carbocycles. The Morgan fingerprint density at radius 1 is 1.13 bits per heavy atom. The van der Waals surface area contributed by atoms with Gasteiger partial charge in [0.25, 0.3) is 5.91 Å². The van der Waals surface area contributed by atoms with E-state index < -0.39 is 5.97 Å². The van der Waals surface area contributed by atoms with Gasteiger partial charge in [0.05, 0.1) is 5.92 Å². The molecule has 2 saturated heterocycles. The van der Waals surface area contributed by atoms with Crippen LogP contribution in [0.15, 0.2) is 24.3 Å². The summed E-state index contributed by atoms with van der Waals surface area (Å²) in [6, 6.07) is 7.66. The Hall–Kier alpha value is -2.57. The van der Waals surface area contributed by atoms with Crippen molar-refractivity contribution in [3.05, 3.63) is 29.8 Å². The number of rotatable bonds is 5. The van der Waals surface area contributed by atoms with Crippen LogP contribution in [0.5, 0.6) is 0 Å². The third-order valence-electron chi connectivity index (χ3n) is 6.54. The van der Waals surface area contributed by atoms with E-state index in [0.29, 0.717) is 24.4 Å². The van der Waals surface area contributed by atoms with Gasteiger partial charge >= 0.3 is 5.97 Å². The number of aliphatic carboxylic acids is 1. The normalized spacial score (nSPS) is 23.4. The maximum Gasteiger partial charge on any atom is 0.323 e. The minimum Gasteiger partial charge on any atom is -0.480 e. The molecule has 0 bridgehead atoms. The molecule has 0 saturated carbocycles. The first-order valence-corrected chi connectivity index (χ1v) is 11.2. The number of hydrogen-bond donors (Lipinski definition) is 1. The van der Waals surface area contributed by atoms with Gasteiger partial charge in [-0.3, -0.25) is 14.4 Å². The molecule has 1 N–H and O–H groups in total. The van der Waals surface area contributed by atoms with Crippen LogP contribution in [0.25, 0.3) is 0 Å². The van der Waals surface area contributed by atoms with Gasteiger partial charge in [-0.2, -0.15) is 0 Å². The number of anilines is 1. The third kappa shape index (κ3) is 5.77. The van der Waals surface area contributed by atoms with E-state index in [0.717, 1.165) is 38.2 Å². The quantitative estimate of drug-likeness (QED) is 0.778. The Morgan fingerprint density at radius 2 is 1.81 bits per heavy atom. The van der Waals surface area contributed by atoms with Crippen molar-refractivity contribution in [3.63, 3.8) is 0 Å². The van der Waals surface area contributed by atoms with Crippen LogP contribution in [0.2, 0.25) is 0 Å². The summed E-state index contributed by atoms with van der Waals surface area (Å²) in [5, 5.41) is 8.89. The highest BCUT2D eigenvalue weighted by molar-refractivity contribution is 5.94. The number of carboxylic acids is 1. The van der Waals surface area contributed by atoms with E-state index in [1.807, 2.05) is 29.2 Å². The molecule has 2 atom stereocenters. The van der Waals surface area contributed by atoms with Gasteiger partial charge in [0, 0.05) is 44.5 Å². The van der Waals surface area contributed by atoms with Crippen LogP contribution in [0.4, 0.5) is 5.69 Å². The second-order valence-electron chi connectivity index (χ2n) is 10.0. The molecule has 0 radical (unpaired) electrons. The van der Waals surface area contributed by atoms with Crippen molar-refractivity contribution in [1.82, 2.24) is 9.80 Å². The Balaban J connectivity index is 1.61. The first-order chi connectivity index (χ1) is 14.6. The molecule has 1 aromatic rings. The number of carbonyl (C=O) groups is 3. The molecule has 2 aliphatic rings. The van der Waals surface area contributed by atoms with E-state index in [1.54, 1.807) is 0 Å². The first-order valence-electron chi connectivity index (χ1n) is 11.2. The van der Waals surface area contributed by atoms with Crippen molar-refractivity contribution in [2.45, 2.75) is 40.0 Å². The summed E-state index contributed by atoms with van der Waals surface area (Å²) in [5.74, 6) is -0.768. The fourth-order valence-corrected chi connectivity index (χ4v) is 4.99. The predicted octanol–water partition coefficient (Wildman–Crippen LogP) is 2.95. The van der Waals surface area contributed by atoms with Crippen molar-refractivity contribution in [2.24, 2.45) is 17.3 Å². The lowest BCUT2D eigenvalue weighted by Gasteiger charge is -2.24. The molecule has 3 rings (SSSR count). The number of carbonyl (C=O) groups excluding carboxylic acids is 2. The minimum absolute atomic E-state index is 0.0841. The van der Waals surface area contributed by atoms with E-state index in [2.05, 4.69) is 25.7 Å². The van der Waals surface area contributed by atoms with Gasteiger partial charge in [-0.15, -0.1) is 0 Å². The molecule has 7 heteroatoms. The SMILES string of the molecule is CC1CN(C(=O)c2ccc(N3CCC(C(=O)N(C)CC(=O)O)C3)cc2)CCC(C)(C)C1. The van der Waals surface area contributed by atoms with Crippen LogP contribution >= 0.6 is 0 Å². The van der Waals surface area contributed by atoms with Gasteiger partial charge in [-0.05, 0) is 54.9 Å². The lowest BCUT2D eigenvalue weighted by molar-refractivity contribution is -0.144. The van der Waals surface area contributed by atoms with Gasteiger partial charge in [-0.1, -0.05) is 20.8 Å². The average molecular weight is 430 g/mol.